The maximum Gasteiger partial charge on any atom is 0.213 e. The standard InChI is InChI=1S/C22H17N3/c1-22(2)15-8-4-3-7-13(15)14-11-20-18(12-16(14)22)24-21-23-17-9-5-6-10-19(17)25(20)21/h3-12H,1-2H3,(H,23,24). The molecule has 1 N–H and O–H groups in total. The molecule has 3 heteroatoms. The van der Waals surface area contributed by atoms with Crippen molar-refractivity contribution in [3.05, 3.63) is 71.8 Å². The Morgan fingerprint density at radius 2 is 1.64 bits per heavy atom. The summed E-state index contributed by atoms with van der Waals surface area (Å²) in [7, 11) is 0. The molecule has 0 saturated carbocycles. The number of H-pyrrole nitrogens is 1. The third-order valence-corrected chi connectivity index (χ3v) is 5.75. The summed E-state index contributed by atoms with van der Waals surface area (Å²) in [6.07, 6.45) is 0. The molecule has 1 aliphatic rings. The van der Waals surface area contributed by atoms with Gasteiger partial charge in [-0.2, -0.15) is 0 Å². The molecule has 0 atom stereocenters. The molecule has 0 saturated heterocycles. The van der Waals surface area contributed by atoms with E-state index in [0.29, 0.717) is 0 Å². The summed E-state index contributed by atoms with van der Waals surface area (Å²) >= 11 is 0. The minimum absolute atomic E-state index is 0.0232. The van der Waals surface area contributed by atoms with Crippen LogP contribution in [0.1, 0.15) is 25.0 Å². The van der Waals surface area contributed by atoms with Gasteiger partial charge in [-0.15, -0.1) is 0 Å². The van der Waals surface area contributed by atoms with Crippen molar-refractivity contribution in [2.75, 3.05) is 0 Å². The van der Waals surface area contributed by atoms with Gasteiger partial charge in [-0.1, -0.05) is 50.2 Å². The molecule has 0 spiro atoms. The molecule has 0 amide bonds. The number of hydrogen-bond acceptors (Lipinski definition) is 1. The molecule has 5 aromatic rings. The maximum absolute atomic E-state index is 4.74. The highest BCUT2D eigenvalue weighted by Crippen LogP contribution is 2.49. The predicted octanol–water partition coefficient (Wildman–Crippen LogP) is 5.28. The highest BCUT2D eigenvalue weighted by atomic mass is 15.1. The van der Waals surface area contributed by atoms with Crippen LogP contribution in [0, 0.1) is 0 Å². The van der Waals surface area contributed by atoms with Crippen LogP contribution in [-0.4, -0.2) is 14.4 Å². The number of nitrogens with one attached hydrogen (secondary N) is 1. The van der Waals surface area contributed by atoms with Gasteiger partial charge in [0.25, 0.3) is 0 Å². The minimum Gasteiger partial charge on any atom is -0.323 e. The second-order valence-electron chi connectivity index (χ2n) is 7.47. The van der Waals surface area contributed by atoms with Gasteiger partial charge in [-0.25, -0.2) is 4.98 Å². The third-order valence-electron chi connectivity index (χ3n) is 5.75. The molecule has 2 aromatic heterocycles. The van der Waals surface area contributed by atoms with Crippen molar-refractivity contribution in [1.29, 1.82) is 0 Å². The van der Waals surface area contributed by atoms with Crippen LogP contribution in [0.15, 0.2) is 60.7 Å². The number of benzene rings is 3. The Hall–Kier alpha value is -3.07. The van der Waals surface area contributed by atoms with Crippen LogP contribution in [0.25, 0.3) is 39.0 Å². The van der Waals surface area contributed by atoms with E-state index in [4.69, 9.17) is 4.98 Å². The van der Waals surface area contributed by atoms with Crippen LogP contribution >= 0.6 is 0 Å². The molecule has 1 aliphatic carbocycles. The lowest BCUT2D eigenvalue weighted by atomic mass is 9.82. The summed E-state index contributed by atoms with van der Waals surface area (Å²) in [6, 6.07) is 21.7. The molecule has 120 valence electrons. The second-order valence-corrected chi connectivity index (χ2v) is 7.47. The van der Waals surface area contributed by atoms with E-state index in [-0.39, 0.29) is 5.41 Å². The molecule has 3 aromatic carbocycles. The number of aromatic nitrogens is 3. The summed E-state index contributed by atoms with van der Waals surface area (Å²) in [4.78, 5) is 8.26. The number of nitrogens with zero attached hydrogens (tertiary/aromatic N) is 2. The van der Waals surface area contributed by atoms with Gasteiger partial charge in [-0.3, -0.25) is 4.40 Å². The van der Waals surface area contributed by atoms with Crippen LogP contribution in [0.4, 0.5) is 0 Å². The Labute approximate surface area is 144 Å². The molecule has 0 radical (unpaired) electrons. The highest BCUT2D eigenvalue weighted by Gasteiger charge is 2.35. The molecule has 6 rings (SSSR count). The molecular formula is C22H17N3. The number of imidazole rings is 2. The zero-order valence-corrected chi connectivity index (χ0v) is 14.2. The average Bonchev–Trinajstić information content (AvgIpc) is 3.21. The number of aromatic amines is 1. The SMILES string of the molecule is CC1(C)c2ccccc2-c2cc3c(cc21)[nH]c1nc2ccccc2n13. The van der Waals surface area contributed by atoms with Crippen molar-refractivity contribution < 1.29 is 0 Å². The van der Waals surface area contributed by atoms with E-state index in [1.54, 1.807) is 0 Å². The lowest BCUT2D eigenvalue weighted by Gasteiger charge is -2.21. The van der Waals surface area contributed by atoms with Gasteiger partial charge in [0.05, 0.1) is 22.1 Å². The minimum atomic E-state index is 0.0232. The Balaban J connectivity index is 1.79. The Kier molecular flexibility index (Phi) is 2.18. The van der Waals surface area contributed by atoms with Gasteiger partial charge in [-0.05, 0) is 46.5 Å². The monoisotopic (exact) mass is 323 g/mol. The summed E-state index contributed by atoms with van der Waals surface area (Å²) < 4.78 is 2.24. The van der Waals surface area contributed by atoms with Gasteiger partial charge >= 0.3 is 0 Å². The van der Waals surface area contributed by atoms with Gasteiger partial charge < -0.3 is 4.98 Å². The van der Waals surface area contributed by atoms with Crippen LogP contribution in [0.3, 0.4) is 0 Å². The highest BCUT2D eigenvalue weighted by molar-refractivity contribution is 5.95. The largest absolute Gasteiger partial charge is 0.323 e. The van der Waals surface area contributed by atoms with E-state index in [1.807, 2.05) is 6.07 Å². The Bertz CT molecular complexity index is 1320. The fraction of sp³-hybridized carbons (Fsp3) is 0.136. The molecule has 3 nitrogen and oxygen atoms in total. The zero-order valence-electron chi connectivity index (χ0n) is 14.2. The van der Waals surface area contributed by atoms with E-state index in [1.165, 1.54) is 27.8 Å². The van der Waals surface area contributed by atoms with E-state index >= 15 is 0 Å². The molecule has 2 heterocycles. The zero-order chi connectivity index (χ0) is 16.8. The smallest absolute Gasteiger partial charge is 0.213 e. The first-order valence-electron chi connectivity index (χ1n) is 8.68. The molecule has 0 aliphatic heterocycles. The average molecular weight is 323 g/mol. The van der Waals surface area contributed by atoms with E-state index in [0.717, 1.165) is 22.3 Å². The molecule has 0 fully saturated rings. The quantitative estimate of drug-likeness (QED) is 0.413. The van der Waals surface area contributed by atoms with Gasteiger partial charge in [0.15, 0.2) is 0 Å². The van der Waals surface area contributed by atoms with Crippen molar-refractivity contribution in [1.82, 2.24) is 14.4 Å². The Morgan fingerprint density at radius 1 is 0.840 bits per heavy atom. The number of fused-ring (bicyclic) bond motifs is 8. The van der Waals surface area contributed by atoms with Crippen LogP contribution in [-0.2, 0) is 5.41 Å². The van der Waals surface area contributed by atoms with E-state index < -0.39 is 0 Å². The predicted molar refractivity (Wildman–Crippen MR) is 102 cm³/mol. The molecular weight excluding hydrogens is 306 g/mol. The summed E-state index contributed by atoms with van der Waals surface area (Å²) in [6.45, 7) is 4.62. The molecule has 25 heavy (non-hydrogen) atoms. The van der Waals surface area contributed by atoms with E-state index in [9.17, 15) is 0 Å². The fourth-order valence-electron chi connectivity index (χ4n) is 4.50. The summed E-state index contributed by atoms with van der Waals surface area (Å²) in [5.74, 6) is 0.908. The number of rotatable bonds is 0. The van der Waals surface area contributed by atoms with Crippen LogP contribution in [0.5, 0.6) is 0 Å². The topological polar surface area (TPSA) is 33.1 Å². The molecule has 0 bridgehead atoms. The number of para-hydroxylation sites is 2. The van der Waals surface area contributed by atoms with Crippen molar-refractivity contribution in [3.63, 3.8) is 0 Å². The normalized spacial score (nSPS) is 15.1. The lowest BCUT2D eigenvalue weighted by molar-refractivity contribution is 0.661. The van der Waals surface area contributed by atoms with Crippen molar-refractivity contribution in [3.8, 4) is 11.1 Å². The fourth-order valence-corrected chi connectivity index (χ4v) is 4.50. The lowest BCUT2D eigenvalue weighted by Crippen LogP contribution is -2.14. The number of hydrogen-bond donors (Lipinski definition) is 1. The first-order chi connectivity index (χ1) is 12.1. The van der Waals surface area contributed by atoms with Crippen molar-refractivity contribution in [2.45, 2.75) is 19.3 Å². The van der Waals surface area contributed by atoms with Crippen LogP contribution < -0.4 is 0 Å². The van der Waals surface area contributed by atoms with Gasteiger partial charge in [0.1, 0.15) is 0 Å². The third kappa shape index (κ3) is 1.49. The molecule has 0 unspecified atom stereocenters. The van der Waals surface area contributed by atoms with Gasteiger partial charge in [0.2, 0.25) is 5.78 Å². The maximum atomic E-state index is 4.74. The van der Waals surface area contributed by atoms with Gasteiger partial charge in [0, 0.05) is 5.41 Å². The van der Waals surface area contributed by atoms with Crippen LogP contribution in [0.2, 0.25) is 0 Å². The van der Waals surface area contributed by atoms with Crippen molar-refractivity contribution in [2.24, 2.45) is 0 Å². The Morgan fingerprint density at radius 3 is 2.56 bits per heavy atom. The summed E-state index contributed by atoms with van der Waals surface area (Å²) in [5.41, 5.74) is 10.0. The first kappa shape index (κ1) is 13.2. The summed E-state index contributed by atoms with van der Waals surface area (Å²) in [5, 5.41) is 0. The van der Waals surface area contributed by atoms with Crippen molar-refractivity contribution >= 4 is 27.8 Å². The second kappa shape index (κ2) is 4.12. The van der Waals surface area contributed by atoms with E-state index in [2.05, 4.69) is 77.8 Å². The first-order valence-corrected chi connectivity index (χ1v) is 8.68.